The molecule has 29 heavy (non-hydrogen) atoms. The van der Waals surface area contributed by atoms with Gasteiger partial charge in [-0.05, 0) is 43.5 Å². The monoisotopic (exact) mass is 405 g/mol. The van der Waals surface area contributed by atoms with Crippen molar-refractivity contribution >= 4 is 28.6 Å². The molecule has 7 heteroatoms. The van der Waals surface area contributed by atoms with Crippen LogP contribution in [0.25, 0.3) is 16.6 Å². The van der Waals surface area contributed by atoms with Crippen molar-refractivity contribution in [1.29, 1.82) is 0 Å². The van der Waals surface area contributed by atoms with Crippen LogP contribution in [0.2, 0.25) is 0 Å². The Morgan fingerprint density at radius 2 is 1.83 bits per heavy atom. The van der Waals surface area contributed by atoms with E-state index in [-0.39, 0.29) is 11.7 Å². The maximum Gasteiger partial charge on any atom is 0.230 e. The highest BCUT2D eigenvalue weighted by Crippen LogP contribution is 2.22. The van der Waals surface area contributed by atoms with Gasteiger partial charge in [0.15, 0.2) is 5.16 Å². The third kappa shape index (κ3) is 4.05. The molecule has 148 valence electrons. The average Bonchev–Trinajstić information content (AvgIpc) is 3.25. The Kier molecular flexibility index (Phi) is 5.40. The lowest BCUT2D eigenvalue weighted by Crippen LogP contribution is -2.25. The van der Waals surface area contributed by atoms with E-state index < -0.39 is 0 Å². The summed E-state index contributed by atoms with van der Waals surface area (Å²) in [5, 5.41) is 13.3. The minimum absolute atomic E-state index is 0.0311. The van der Waals surface area contributed by atoms with Gasteiger partial charge in [-0.2, -0.15) is 0 Å². The quantitative estimate of drug-likeness (QED) is 0.496. The maximum atomic E-state index is 12.4. The fourth-order valence-corrected chi connectivity index (χ4v) is 4.14. The van der Waals surface area contributed by atoms with Crippen LogP contribution in [0.3, 0.4) is 0 Å². The molecule has 1 amide bonds. The van der Waals surface area contributed by atoms with Gasteiger partial charge in [-0.1, -0.05) is 47.7 Å². The molecule has 0 aliphatic rings. The van der Waals surface area contributed by atoms with Crippen LogP contribution < -0.4 is 5.32 Å². The number of fused-ring (bicyclic) bond motifs is 1. The number of carbonyl (C=O) groups is 1. The van der Waals surface area contributed by atoms with Crippen LogP contribution in [0.15, 0.2) is 59.8 Å². The van der Waals surface area contributed by atoms with Crippen molar-refractivity contribution in [3.63, 3.8) is 0 Å². The Balaban J connectivity index is 1.40. The number of rotatable bonds is 6. The Hall–Kier alpha value is -3.06. The molecule has 2 aromatic carbocycles. The van der Waals surface area contributed by atoms with E-state index in [9.17, 15) is 4.79 Å². The number of aromatic nitrogens is 4. The molecule has 0 spiro atoms. The Bertz CT molecular complexity index is 1160. The van der Waals surface area contributed by atoms with E-state index in [4.69, 9.17) is 0 Å². The van der Waals surface area contributed by atoms with Gasteiger partial charge in [0.1, 0.15) is 5.82 Å². The molecule has 0 radical (unpaired) electrons. The normalized spacial score (nSPS) is 11.1. The van der Waals surface area contributed by atoms with Crippen molar-refractivity contribution in [3.05, 3.63) is 71.7 Å². The number of hydrogen-bond donors (Lipinski definition) is 1. The first-order chi connectivity index (χ1) is 14.0. The van der Waals surface area contributed by atoms with Gasteiger partial charge in [0.05, 0.1) is 12.3 Å². The molecular weight excluding hydrogens is 382 g/mol. The number of carbonyl (C=O) groups excluding carboxylic acids is 1. The molecular formula is C22H23N5OS. The summed E-state index contributed by atoms with van der Waals surface area (Å²) in [7, 11) is 2.02. The summed E-state index contributed by atoms with van der Waals surface area (Å²) < 4.78 is 4.08. The molecule has 0 aliphatic carbocycles. The van der Waals surface area contributed by atoms with E-state index >= 15 is 0 Å². The number of para-hydroxylation sites is 1. The van der Waals surface area contributed by atoms with Crippen LogP contribution >= 0.6 is 11.8 Å². The number of thioether (sulfide) groups is 1. The first-order valence-electron chi connectivity index (χ1n) is 9.45. The van der Waals surface area contributed by atoms with Crippen molar-refractivity contribution in [3.8, 4) is 5.69 Å². The number of aryl methyl sites for hydroxylation is 3. The summed E-state index contributed by atoms with van der Waals surface area (Å²) in [6.07, 6.45) is 0. The van der Waals surface area contributed by atoms with E-state index in [0.29, 0.717) is 11.7 Å². The maximum absolute atomic E-state index is 12.4. The minimum Gasteiger partial charge on any atom is -0.350 e. The van der Waals surface area contributed by atoms with Gasteiger partial charge < -0.3 is 9.88 Å². The van der Waals surface area contributed by atoms with Gasteiger partial charge in [0.2, 0.25) is 5.91 Å². The van der Waals surface area contributed by atoms with Crippen molar-refractivity contribution in [2.45, 2.75) is 25.5 Å². The second-order valence-corrected chi connectivity index (χ2v) is 7.96. The first kappa shape index (κ1) is 19.3. The van der Waals surface area contributed by atoms with Gasteiger partial charge in [0.25, 0.3) is 0 Å². The lowest BCUT2D eigenvalue weighted by Gasteiger charge is -2.09. The zero-order chi connectivity index (χ0) is 20.4. The van der Waals surface area contributed by atoms with Crippen LogP contribution in [0.5, 0.6) is 0 Å². The number of nitrogens with zero attached hydrogens (tertiary/aromatic N) is 4. The van der Waals surface area contributed by atoms with Crippen LogP contribution in [-0.4, -0.2) is 31.0 Å². The fourth-order valence-electron chi connectivity index (χ4n) is 3.31. The van der Waals surface area contributed by atoms with Gasteiger partial charge in [-0.25, -0.2) is 0 Å². The van der Waals surface area contributed by atoms with Crippen LogP contribution in [0.1, 0.15) is 17.1 Å². The third-order valence-corrected chi connectivity index (χ3v) is 5.87. The largest absolute Gasteiger partial charge is 0.350 e. The molecule has 2 aromatic heterocycles. The number of nitrogens with one attached hydrogen (secondary N) is 1. The average molecular weight is 406 g/mol. The molecule has 0 bridgehead atoms. The van der Waals surface area contributed by atoms with E-state index in [1.165, 1.54) is 22.7 Å². The van der Waals surface area contributed by atoms with Gasteiger partial charge >= 0.3 is 0 Å². The summed E-state index contributed by atoms with van der Waals surface area (Å²) in [6.45, 7) is 4.46. The molecule has 0 saturated carbocycles. The number of benzene rings is 2. The Morgan fingerprint density at radius 3 is 2.59 bits per heavy atom. The molecule has 6 nitrogen and oxygen atoms in total. The molecule has 0 fully saturated rings. The molecule has 0 atom stereocenters. The lowest BCUT2D eigenvalue weighted by molar-refractivity contribution is -0.118. The van der Waals surface area contributed by atoms with Crippen molar-refractivity contribution in [2.24, 2.45) is 7.05 Å². The van der Waals surface area contributed by atoms with Gasteiger partial charge in [0, 0.05) is 23.9 Å². The molecule has 2 heterocycles. The second-order valence-electron chi connectivity index (χ2n) is 7.02. The standard InChI is InChI=1S/C22H23N5OS/c1-15-8-10-18(11-9-15)27-16(2)24-25-22(27)29-14-21(28)23-13-19-12-17-6-4-5-7-20(17)26(19)3/h4-12H,13-14H2,1-3H3,(H,23,28). The van der Waals surface area contributed by atoms with E-state index in [1.807, 2.05) is 42.8 Å². The van der Waals surface area contributed by atoms with E-state index in [1.54, 1.807) is 0 Å². The number of hydrogen-bond acceptors (Lipinski definition) is 4. The Morgan fingerprint density at radius 1 is 1.07 bits per heavy atom. The highest BCUT2D eigenvalue weighted by Gasteiger charge is 2.14. The van der Waals surface area contributed by atoms with E-state index in [0.717, 1.165) is 22.7 Å². The third-order valence-electron chi connectivity index (χ3n) is 4.94. The van der Waals surface area contributed by atoms with E-state index in [2.05, 4.69) is 57.3 Å². The lowest BCUT2D eigenvalue weighted by atomic mass is 10.2. The fraction of sp³-hybridized carbons (Fsp3) is 0.227. The Labute approximate surface area is 173 Å². The molecule has 4 rings (SSSR count). The molecule has 0 aliphatic heterocycles. The zero-order valence-corrected chi connectivity index (χ0v) is 17.5. The topological polar surface area (TPSA) is 64.7 Å². The van der Waals surface area contributed by atoms with Crippen molar-refractivity contribution in [1.82, 2.24) is 24.6 Å². The minimum atomic E-state index is -0.0311. The van der Waals surface area contributed by atoms with Crippen LogP contribution in [0, 0.1) is 13.8 Å². The second kappa shape index (κ2) is 8.13. The molecule has 1 N–H and O–H groups in total. The smallest absolute Gasteiger partial charge is 0.230 e. The summed E-state index contributed by atoms with van der Waals surface area (Å²) in [5.74, 6) is 1.05. The summed E-state index contributed by atoms with van der Waals surface area (Å²) >= 11 is 1.39. The summed E-state index contributed by atoms with van der Waals surface area (Å²) in [4.78, 5) is 12.4. The van der Waals surface area contributed by atoms with Crippen molar-refractivity contribution in [2.75, 3.05) is 5.75 Å². The van der Waals surface area contributed by atoms with Gasteiger partial charge in [-0.3, -0.25) is 9.36 Å². The van der Waals surface area contributed by atoms with Crippen LogP contribution in [-0.2, 0) is 18.4 Å². The van der Waals surface area contributed by atoms with Crippen LogP contribution in [0.4, 0.5) is 0 Å². The predicted molar refractivity (Wildman–Crippen MR) is 116 cm³/mol. The highest BCUT2D eigenvalue weighted by molar-refractivity contribution is 7.99. The van der Waals surface area contributed by atoms with Crippen molar-refractivity contribution < 1.29 is 4.79 Å². The highest BCUT2D eigenvalue weighted by atomic mass is 32.2. The molecule has 4 aromatic rings. The van der Waals surface area contributed by atoms with Gasteiger partial charge in [-0.15, -0.1) is 10.2 Å². The first-order valence-corrected chi connectivity index (χ1v) is 10.4. The summed E-state index contributed by atoms with van der Waals surface area (Å²) in [6, 6.07) is 18.5. The SMILES string of the molecule is Cc1ccc(-n2c(C)nnc2SCC(=O)NCc2cc3ccccc3n2C)cc1. The molecule has 0 saturated heterocycles. The summed E-state index contributed by atoms with van der Waals surface area (Å²) in [5.41, 5.74) is 4.42. The zero-order valence-electron chi connectivity index (χ0n) is 16.7. The predicted octanol–water partition coefficient (Wildman–Crippen LogP) is 3.78. The molecule has 0 unspecified atom stereocenters. The number of amides is 1.